The first-order chi connectivity index (χ1) is 29.7. The van der Waals surface area contributed by atoms with Crippen LogP contribution >= 0.6 is 0 Å². The number of rotatable bonds is 6. The third-order valence-corrected chi connectivity index (χ3v) is 12.2. The predicted molar refractivity (Wildman–Crippen MR) is 244 cm³/mol. The fraction of sp³-hybridized carbons (Fsp3) is 0.0179. The fourth-order valence-corrected chi connectivity index (χ4v) is 9.59. The molecule has 0 atom stereocenters. The Hall–Kier alpha value is -7.95. The van der Waals surface area contributed by atoms with Crippen molar-refractivity contribution >= 4 is 32.7 Å². The van der Waals surface area contributed by atoms with Gasteiger partial charge in [-0.1, -0.05) is 182 Å². The molecule has 0 N–H and O–H groups in total. The minimum absolute atomic E-state index is 0.525. The second-order valence-electron chi connectivity index (χ2n) is 15.5. The molecule has 0 saturated carbocycles. The van der Waals surface area contributed by atoms with Crippen LogP contribution in [0.3, 0.4) is 0 Å². The van der Waals surface area contributed by atoms with Gasteiger partial charge < -0.3 is 4.42 Å². The van der Waals surface area contributed by atoms with Crippen molar-refractivity contribution in [2.24, 2.45) is 0 Å². The largest absolute Gasteiger partial charge is 0.456 e. The average molecular weight is 766 g/mol. The van der Waals surface area contributed by atoms with Crippen LogP contribution in [0.2, 0.25) is 0 Å². The molecule has 11 aromatic rings. The number of furan rings is 1. The predicted octanol–water partition coefficient (Wildman–Crippen LogP) is 14.0. The molecule has 0 aliphatic heterocycles. The molecule has 12 rings (SSSR count). The highest BCUT2D eigenvalue weighted by molar-refractivity contribution is 6.14. The van der Waals surface area contributed by atoms with Gasteiger partial charge in [-0.2, -0.15) is 0 Å². The monoisotopic (exact) mass is 765 g/mol. The van der Waals surface area contributed by atoms with Gasteiger partial charge in [0, 0.05) is 27.5 Å². The Labute approximate surface area is 347 Å². The number of hydrogen-bond donors (Lipinski definition) is 0. The molecule has 0 amide bonds. The summed E-state index contributed by atoms with van der Waals surface area (Å²) in [6, 6.07) is 75.2. The van der Waals surface area contributed by atoms with Gasteiger partial charge in [0.05, 0.1) is 5.41 Å². The standard InChI is InChI=1S/C56H35N3O/c1-4-17-36(18-5-1)53-57-54(37-19-6-2-7-20-37)59-55(58-53)46-34-39(33-38-21-10-11-24-42(38)46)43-27-16-30-51-52(43)47-35-41(31-32-50(47)60-51)56(40-22-8-3-9-23-40)48-28-14-12-25-44(48)45-26-13-15-29-49(45)56/h1-35H. The van der Waals surface area contributed by atoms with E-state index in [9.17, 15) is 0 Å². The zero-order chi connectivity index (χ0) is 39.6. The molecule has 4 nitrogen and oxygen atoms in total. The van der Waals surface area contributed by atoms with E-state index in [1.807, 2.05) is 60.7 Å². The summed E-state index contributed by atoms with van der Waals surface area (Å²) in [5.41, 5.74) is 13.6. The maximum atomic E-state index is 6.71. The zero-order valence-electron chi connectivity index (χ0n) is 32.5. The number of aromatic nitrogens is 3. The van der Waals surface area contributed by atoms with Gasteiger partial charge in [0.2, 0.25) is 0 Å². The van der Waals surface area contributed by atoms with Crippen LogP contribution in [-0.4, -0.2) is 15.0 Å². The van der Waals surface area contributed by atoms with E-state index in [1.54, 1.807) is 0 Å². The summed E-state index contributed by atoms with van der Waals surface area (Å²) >= 11 is 0. The normalized spacial score (nSPS) is 12.8. The summed E-state index contributed by atoms with van der Waals surface area (Å²) in [5, 5.41) is 4.31. The third kappa shape index (κ3) is 5.21. The van der Waals surface area contributed by atoms with Gasteiger partial charge in [-0.15, -0.1) is 0 Å². The number of benzene rings is 9. The molecule has 2 heterocycles. The number of fused-ring (bicyclic) bond motifs is 7. The summed E-state index contributed by atoms with van der Waals surface area (Å²) in [6.07, 6.45) is 0. The lowest BCUT2D eigenvalue weighted by Gasteiger charge is -2.33. The first-order valence-electron chi connectivity index (χ1n) is 20.4. The lowest BCUT2D eigenvalue weighted by Crippen LogP contribution is -2.28. The van der Waals surface area contributed by atoms with Crippen molar-refractivity contribution in [3.63, 3.8) is 0 Å². The van der Waals surface area contributed by atoms with Gasteiger partial charge in [0.15, 0.2) is 17.5 Å². The van der Waals surface area contributed by atoms with E-state index in [4.69, 9.17) is 19.4 Å². The molecule has 4 heteroatoms. The summed E-state index contributed by atoms with van der Waals surface area (Å²) < 4.78 is 6.71. The highest BCUT2D eigenvalue weighted by Gasteiger charge is 2.46. The fourth-order valence-electron chi connectivity index (χ4n) is 9.59. The van der Waals surface area contributed by atoms with E-state index in [1.165, 1.54) is 33.4 Å². The second-order valence-corrected chi connectivity index (χ2v) is 15.5. The van der Waals surface area contributed by atoms with Crippen LogP contribution in [0, 0.1) is 0 Å². The van der Waals surface area contributed by atoms with E-state index in [0.29, 0.717) is 17.5 Å². The van der Waals surface area contributed by atoms with Gasteiger partial charge in [-0.05, 0) is 85.6 Å². The van der Waals surface area contributed by atoms with Crippen LogP contribution in [-0.2, 0) is 5.41 Å². The maximum absolute atomic E-state index is 6.71. The van der Waals surface area contributed by atoms with Crippen LogP contribution in [0.5, 0.6) is 0 Å². The molecule has 0 spiro atoms. The Kier molecular flexibility index (Phi) is 7.72. The van der Waals surface area contributed by atoms with Crippen LogP contribution in [0.15, 0.2) is 217 Å². The third-order valence-electron chi connectivity index (χ3n) is 12.2. The average Bonchev–Trinajstić information content (AvgIpc) is 3.86. The Morgan fingerprint density at radius 1 is 0.333 bits per heavy atom. The topological polar surface area (TPSA) is 51.8 Å². The second kappa shape index (κ2) is 13.6. The number of hydrogen-bond acceptors (Lipinski definition) is 4. The maximum Gasteiger partial charge on any atom is 0.164 e. The lowest BCUT2D eigenvalue weighted by molar-refractivity contribution is 0.668. The highest BCUT2D eigenvalue weighted by atomic mass is 16.3. The molecular formula is C56H35N3O. The summed E-state index contributed by atoms with van der Waals surface area (Å²) in [7, 11) is 0. The first-order valence-corrected chi connectivity index (χ1v) is 20.4. The Morgan fingerprint density at radius 3 is 1.58 bits per heavy atom. The van der Waals surface area contributed by atoms with Crippen LogP contribution in [0.1, 0.15) is 22.3 Å². The highest BCUT2D eigenvalue weighted by Crippen LogP contribution is 2.56. The quantitative estimate of drug-likeness (QED) is 0.169. The molecular weight excluding hydrogens is 731 g/mol. The first kappa shape index (κ1) is 34.1. The van der Waals surface area contributed by atoms with E-state index >= 15 is 0 Å². The van der Waals surface area contributed by atoms with Crippen molar-refractivity contribution in [1.82, 2.24) is 15.0 Å². The SMILES string of the molecule is c1ccc(-c2nc(-c3ccccc3)nc(-c3cc(-c4cccc5oc6ccc(C7(c8ccccc8)c8ccccc8-c8ccccc87)cc6c45)cc4ccccc34)n2)cc1. The van der Waals surface area contributed by atoms with Gasteiger partial charge in [0.1, 0.15) is 11.2 Å². The molecule has 280 valence electrons. The summed E-state index contributed by atoms with van der Waals surface area (Å²) in [5.74, 6) is 1.88. The van der Waals surface area contributed by atoms with Gasteiger partial charge in [-0.3, -0.25) is 0 Å². The molecule has 2 aromatic heterocycles. The van der Waals surface area contributed by atoms with Gasteiger partial charge >= 0.3 is 0 Å². The molecule has 0 radical (unpaired) electrons. The lowest BCUT2D eigenvalue weighted by atomic mass is 9.67. The zero-order valence-corrected chi connectivity index (χ0v) is 32.5. The van der Waals surface area contributed by atoms with Gasteiger partial charge in [0.25, 0.3) is 0 Å². The van der Waals surface area contributed by atoms with Gasteiger partial charge in [-0.25, -0.2) is 15.0 Å². The molecule has 1 aliphatic rings. The Morgan fingerprint density at radius 2 is 0.900 bits per heavy atom. The molecule has 1 aliphatic carbocycles. The van der Waals surface area contributed by atoms with E-state index < -0.39 is 5.41 Å². The van der Waals surface area contributed by atoms with Crippen molar-refractivity contribution < 1.29 is 4.42 Å². The van der Waals surface area contributed by atoms with Crippen LogP contribution in [0.25, 0.3) is 89.1 Å². The molecule has 9 aromatic carbocycles. The Bertz CT molecular complexity index is 3330. The van der Waals surface area contributed by atoms with Crippen molar-refractivity contribution in [2.75, 3.05) is 0 Å². The summed E-state index contributed by atoms with van der Waals surface area (Å²) in [4.78, 5) is 15.3. The molecule has 0 fully saturated rings. The van der Waals surface area contributed by atoms with Crippen molar-refractivity contribution in [1.29, 1.82) is 0 Å². The minimum Gasteiger partial charge on any atom is -0.456 e. The number of nitrogens with zero attached hydrogens (tertiary/aromatic N) is 3. The van der Waals surface area contributed by atoms with Crippen molar-refractivity contribution in [3.05, 3.63) is 235 Å². The smallest absolute Gasteiger partial charge is 0.164 e. The van der Waals surface area contributed by atoms with E-state index in [0.717, 1.165) is 60.5 Å². The van der Waals surface area contributed by atoms with Crippen LogP contribution < -0.4 is 0 Å². The van der Waals surface area contributed by atoms with Crippen molar-refractivity contribution in [2.45, 2.75) is 5.41 Å². The van der Waals surface area contributed by atoms with Crippen molar-refractivity contribution in [3.8, 4) is 56.4 Å². The molecule has 60 heavy (non-hydrogen) atoms. The Balaban J connectivity index is 1.11. The van der Waals surface area contributed by atoms with E-state index in [-0.39, 0.29) is 0 Å². The molecule has 0 unspecified atom stereocenters. The minimum atomic E-state index is -0.525. The van der Waals surface area contributed by atoms with E-state index in [2.05, 4.69) is 152 Å². The molecule has 0 saturated heterocycles. The van der Waals surface area contributed by atoms with Crippen LogP contribution in [0.4, 0.5) is 0 Å². The summed E-state index contributed by atoms with van der Waals surface area (Å²) in [6.45, 7) is 0. The molecule has 0 bridgehead atoms.